The van der Waals surface area contributed by atoms with Gasteiger partial charge in [0.2, 0.25) is 0 Å². The molecule has 0 aliphatic rings. The van der Waals surface area contributed by atoms with E-state index in [-0.39, 0.29) is 6.61 Å². The van der Waals surface area contributed by atoms with Gasteiger partial charge in [-0.3, -0.25) is 0 Å². The Labute approximate surface area is 100 Å². The van der Waals surface area contributed by atoms with Gasteiger partial charge in [0.25, 0.3) is 0 Å². The van der Waals surface area contributed by atoms with Gasteiger partial charge in [-0.2, -0.15) is 0 Å². The zero-order valence-corrected chi connectivity index (χ0v) is 9.56. The van der Waals surface area contributed by atoms with Crippen LogP contribution in [0.1, 0.15) is 5.56 Å². The number of rotatable bonds is 2. The second-order valence-corrected chi connectivity index (χ2v) is 4.27. The topological polar surface area (TPSA) is 20.2 Å². The summed E-state index contributed by atoms with van der Waals surface area (Å²) in [6.45, 7) is 0.200. The molecule has 84 valence electrons. The molecule has 0 radical (unpaired) electrons. The minimum absolute atomic E-state index is 0.200. The minimum Gasteiger partial charge on any atom is -0.396 e. The van der Waals surface area contributed by atoms with E-state index in [9.17, 15) is 0 Å². The van der Waals surface area contributed by atoms with Crippen LogP contribution in [-0.4, -0.2) is 11.7 Å². The van der Waals surface area contributed by atoms with Gasteiger partial charge in [0, 0.05) is 6.61 Å². The smallest absolute Gasteiger partial charge is 0.0471 e. The van der Waals surface area contributed by atoms with E-state index in [1.807, 2.05) is 0 Å². The highest BCUT2D eigenvalue weighted by Gasteiger charge is 2.03. The molecule has 0 saturated heterocycles. The Kier molecular flexibility index (Phi) is 2.54. The van der Waals surface area contributed by atoms with Crippen molar-refractivity contribution in [3.05, 3.63) is 60.2 Å². The maximum Gasteiger partial charge on any atom is 0.0471 e. The molecule has 1 heteroatoms. The predicted molar refractivity (Wildman–Crippen MR) is 72.2 cm³/mol. The van der Waals surface area contributed by atoms with Crippen LogP contribution in [0.2, 0.25) is 0 Å². The van der Waals surface area contributed by atoms with E-state index in [0.717, 1.165) is 6.42 Å². The van der Waals surface area contributed by atoms with E-state index in [1.54, 1.807) is 0 Å². The Morgan fingerprint density at radius 1 is 0.706 bits per heavy atom. The van der Waals surface area contributed by atoms with E-state index in [0.29, 0.717) is 0 Å². The third kappa shape index (κ3) is 1.69. The molecule has 0 heterocycles. The van der Waals surface area contributed by atoms with Crippen LogP contribution in [0.3, 0.4) is 0 Å². The van der Waals surface area contributed by atoms with Crippen molar-refractivity contribution in [2.24, 2.45) is 0 Å². The van der Waals surface area contributed by atoms with Crippen LogP contribution >= 0.6 is 0 Å². The van der Waals surface area contributed by atoms with Crippen molar-refractivity contribution in [2.45, 2.75) is 6.42 Å². The summed E-state index contributed by atoms with van der Waals surface area (Å²) in [6.07, 6.45) is 0.718. The molecule has 3 aromatic rings. The lowest BCUT2D eigenvalue weighted by Gasteiger charge is -2.08. The number of aliphatic hydroxyl groups excluding tert-OH is 1. The fourth-order valence-electron chi connectivity index (χ4n) is 2.44. The van der Waals surface area contributed by atoms with Gasteiger partial charge in [-0.15, -0.1) is 0 Å². The summed E-state index contributed by atoms with van der Waals surface area (Å²) in [5, 5.41) is 14.2. The molecule has 0 aliphatic carbocycles. The lowest BCUT2D eigenvalue weighted by molar-refractivity contribution is 0.300. The Hall–Kier alpha value is -1.86. The molecule has 0 fully saturated rings. The number of aliphatic hydroxyl groups is 1. The van der Waals surface area contributed by atoms with Crippen molar-refractivity contribution < 1.29 is 5.11 Å². The van der Waals surface area contributed by atoms with Crippen LogP contribution in [0, 0.1) is 0 Å². The highest BCUT2D eigenvalue weighted by Crippen LogP contribution is 2.27. The average Bonchev–Trinajstić information content (AvgIpc) is 2.39. The first kappa shape index (κ1) is 10.3. The third-order valence-corrected chi connectivity index (χ3v) is 3.26. The highest BCUT2D eigenvalue weighted by atomic mass is 16.2. The summed E-state index contributed by atoms with van der Waals surface area (Å²) in [6, 6.07) is 19.0. The van der Waals surface area contributed by atoms with E-state index < -0.39 is 0 Å². The quantitative estimate of drug-likeness (QED) is 0.658. The molecular formula is C16H14O. The molecule has 0 unspecified atom stereocenters. The number of benzene rings is 3. The molecule has 1 N–H and O–H groups in total. The Morgan fingerprint density at radius 2 is 1.53 bits per heavy atom. The van der Waals surface area contributed by atoms with Gasteiger partial charge in [-0.1, -0.05) is 54.6 Å². The SMILES string of the molecule is OCCc1cccc2c1ccc1ccccc12. The zero-order valence-electron chi connectivity index (χ0n) is 9.56. The van der Waals surface area contributed by atoms with Crippen molar-refractivity contribution in [1.29, 1.82) is 0 Å². The van der Waals surface area contributed by atoms with Crippen molar-refractivity contribution >= 4 is 21.5 Å². The molecule has 0 spiro atoms. The first-order valence-electron chi connectivity index (χ1n) is 5.90. The maximum absolute atomic E-state index is 9.09. The van der Waals surface area contributed by atoms with Crippen LogP contribution in [0.5, 0.6) is 0 Å². The van der Waals surface area contributed by atoms with Crippen molar-refractivity contribution in [2.75, 3.05) is 6.61 Å². The predicted octanol–water partition coefficient (Wildman–Crippen LogP) is 3.53. The van der Waals surface area contributed by atoms with Crippen molar-refractivity contribution in [1.82, 2.24) is 0 Å². The van der Waals surface area contributed by atoms with E-state index >= 15 is 0 Å². The molecule has 17 heavy (non-hydrogen) atoms. The Bertz CT molecular complexity index is 670. The molecule has 1 nitrogen and oxygen atoms in total. The fourth-order valence-corrected chi connectivity index (χ4v) is 2.44. The zero-order chi connectivity index (χ0) is 11.7. The van der Waals surface area contributed by atoms with Crippen molar-refractivity contribution in [3.63, 3.8) is 0 Å². The van der Waals surface area contributed by atoms with E-state index in [1.165, 1.54) is 27.1 Å². The molecule has 0 aliphatic heterocycles. The lowest BCUT2D eigenvalue weighted by atomic mass is 9.97. The first-order valence-corrected chi connectivity index (χ1v) is 5.90. The summed E-state index contributed by atoms with van der Waals surface area (Å²) in [5.41, 5.74) is 1.22. The summed E-state index contributed by atoms with van der Waals surface area (Å²) >= 11 is 0. The van der Waals surface area contributed by atoms with Gasteiger partial charge >= 0.3 is 0 Å². The van der Waals surface area contributed by atoms with Crippen LogP contribution < -0.4 is 0 Å². The third-order valence-electron chi connectivity index (χ3n) is 3.26. The van der Waals surface area contributed by atoms with Gasteiger partial charge in [-0.05, 0) is 33.5 Å². The van der Waals surface area contributed by atoms with Crippen molar-refractivity contribution in [3.8, 4) is 0 Å². The molecule has 0 atom stereocenters. The van der Waals surface area contributed by atoms with Gasteiger partial charge in [-0.25, -0.2) is 0 Å². The minimum atomic E-state index is 0.200. The van der Waals surface area contributed by atoms with Crippen LogP contribution in [0.25, 0.3) is 21.5 Å². The highest BCUT2D eigenvalue weighted by molar-refractivity contribution is 6.08. The Morgan fingerprint density at radius 3 is 2.41 bits per heavy atom. The molecule has 3 aromatic carbocycles. The summed E-state index contributed by atoms with van der Waals surface area (Å²) in [4.78, 5) is 0. The summed E-state index contributed by atoms with van der Waals surface area (Å²) < 4.78 is 0. The molecule has 0 bridgehead atoms. The lowest BCUT2D eigenvalue weighted by Crippen LogP contribution is -1.92. The fraction of sp³-hybridized carbons (Fsp3) is 0.125. The molecule has 3 rings (SSSR count). The van der Waals surface area contributed by atoms with E-state index in [4.69, 9.17) is 5.11 Å². The number of hydrogen-bond acceptors (Lipinski definition) is 1. The molecule has 0 aromatic heterocycles. The standard InChI is InChI=1S/C16H14O/c17-11-10-13-5-3-7-16-14-6-2-1-4-12(14)8-9-15(13)16/h1-9,17H,10-11H2. The van der Waals surface area contributed by atoms with Crippen LogP contribution in [-0.2, 0) is 6.42 Å². The van der Waals surface area contributed by atoms with E-state index in [2.05, 4.69) is 54.6 Å². The largest absolute Gasteiger partial charge is 0.396 e. The van der Waals surface area contributed by atoms with Crippen LogP contribution in [0.4, 0.5) is 0 Å². The van der Waals surface area contributed by atoms with Crippen LogP contribution in [0.15, 0.2) is 54.6 Å². The number of fused-ring (bicyclic) bond motifs is 3. The normalized spacial score (nSPS) is 11.1. The van der Waals surface area contributed by atoms with Gasteiger partial charge in [0.15, 0.2) is 0 Å². The van der Waals surface area contributed by atoms with Gasteiger partial charge in [0.05, 0.1) is 0 Å². The average molecular weight is 222 g/mol. The molecule has 0 amide bonds. The van der Waals surface area contributed by atoms with Gasteiger partial charge < -0.3 is 5.11 Å². The monoisotopic (exact) mass is 222 g/mol. The first-order chi connectivity index (χ1) is 8.40. The second kappa shape index (κ2) is 4.19. The molecule has 0 saturated carbocycles. The maximum atomic E-state index is 9.09. The second-order valence-electron chi connectivity index (χ2n) is 4.27. The molecular weight excluding hydrogens is 208 g/mol. The summed E-state index contributed by atoms with van der Waals surface area (Å²) in [7, 11) is 0. The van der Waals surface area contributed by atoms with Gasteiger partial charge in [0.1, 0.15) is 0 Å². The summed E-state index contributed by atoms with van der Waals surface area (Å²) in [5.74, 6) is 0. The Balaban J connectivity index is 2.40. The number of hydrogen-bond donors (Lipinski definition) is 1.